The molecule has 0 saturated carbocycles. The molecule has 6 saturated heterocycles. The Bertz CT molecular complexity index is 3490. The summed E-state index contributed by atoms with van der Waals surface area (Å²) in [5, 5.41) is 35.4. The fourth-order valence-corrected chi connectivity index (χ4v) is 15.2. The van der Waals surface area contributed by atoms with Crippen molar-refractivity contribution in [2.24, 2.45) is 17.8 Å². The third-order valence-electron chi connectivity index (χ3n) is 18.8. The maximum atomic E-state index is 17.4. The number of likely N-dealkylation sites (tertiary alicyclic amines) is 2. The molecule has 3 aromatic carbocycles. The second-order valence-electron chi connectivity index (χ2n) is 24.6. The number of aryl methyl sites for hydroxylation is 2. The molecule has 10 heterocycles. The van der Waals surface area contributed by atoms with Crippen LogP contribution in [0, 0.1) is 30.5 Å². The fraction of sp³-hybridized carbons (Fsp3) is 0.508. The van der Waals surface area contributed by atoms with Crippen LogP contribution in [0.5, 0.6) is 5.75 Å². The van der Waals surface area contributed by atoms with Crippen molar-refractivity contribution in [3.05, 3.63) is 101 Å². The number of nitrogens with zero attached hydrogens (tertiary/aromatic N) is 10. The SMILES string of the molecule is CCc1cccc2cc(O)cc(-c3ncc4c(N5CC6CCC(C5)N6)nc(N5CC[C@@H](N6CCC(CC7CN(c8cc([C@H](C(=O)N9C[C@H](O)C[C@H]9C(=O)N[C@@H](C)c9ccc(-c%10scnc%10C)cc9)C(C)C)on8)C7)CC6)C5)nc4c3F)c12. The molecule has 82 heavy (non-hydrogen) atoms. The molecular formula is C63H75FN12O5S. The highest BCUT2D eigenvalue weighted by Gasteiger charge is 2.45. The lowest BCUT2D eigenvalue weighted by molar-refractivity contribution is -0.141. The monoisotopic (exact) mass is 1130 g/mol. The van der Waals surface area contributed by atoms with Crippen LogP contribution in [0.3, 0.4) is 0 Å². The molecule has 2 unspecified atom stereocenters. The first-order valence-corrected chi connectivity index (χ1v) is 30.7. The minimum absolute atomic E-state index is 0.0668. The lowest BCUT2D eigenvalue weighted by Gasteiger charge is -2.43. The van der Waals surface area contributed by atoms with Gasteiger partial charge < -0.3 is 45.0 Å². The molecule has 17 nitrogen and oxygen atoms in total. The lowest BCUT2D eigenvalue weighted by atomic mass is 9.83. The van der Waals surface area contributed by atoms with Crippen LogP contribution in [-0.4, -0.2) is 146 Å². The highest BCUT2D eigenvalue weighted by atomic mass is 32.1. The van der Waals surface area contributed by atoms with Gasteiger partial charge in [-0.3, -0.25) is 19.5 Å². The standard InChI is InChI=1S/C63H75FN12O5S/c1-6-40-8-7-9-43-23-47(77)24-49(55(40)43)57-56(64)58-50(27-65-57)60(75-30-44-14-15-45(31-75)68-44)70-63(69-58)73-21-18-46(32-73)72-19-16-38(17-20-72)22-39-28-74(29-39)53-26-52(81-71-53)54(35(2)3)62(80)76-33-48(78)25-51(76)61(79)67-36(4)41-10-12-42(13-11-41)59-37(5)66-34-82-59/h7-13,23-24,26-27,34-36,38-39,44-46,48,51,54,68,77-78H,6,14-22,25,28-33H2,1-5H3,(H,67,79)/t36-,44?,45?,46+,48+,51-,54+/m0/s1. The van der Waals surface area contributed by atoms with Crippen molar-refractivity contribution < 1.29 is 28.7 Å². The summed E-state index contributed by atoms with van der Waals surface area (Å²) in [6.45, 7) is 17.0. The van der Waals surface area contributed by atoms with Gasteiger partial charge in [0.2, 0.25) is 17.8 Å². The van der Waals surface area contributed by atoms with Gasteiger partial charge in [0.1, 0.15) is 34.7 Å². The highest BCUT2D eigenvalue weighted by molar-refractivity contribution is 7.13. The Morgan fingerprint density at radius 1 is 0.878 bits per heavy atom. The Kier molecular flexibility index (Phi) is 14.9. The van der Waals surface area contributed by atoms with Gasteiger partial charge in [0, 0.05) is 88.2 Å². The predicted octanol–water partition coefficient (Wildman–Crippen LogP) is 9.01. The Balaban J connectivity index is 0.626. The summed E-state index contributed by atoms with van der Waals surface area (Å²) in [6, 6.07) is 19.3. The molecule has 4 aromatic heterocycles. The van der Waals surface area contributed by atoms with Crippen molar-refractivity contribution in [1.29, 1.82) is 0 Å². The Morgan fingerprint density at radius 3 is 2.39 bits per heavy atom. The molecule has 0 radical (unpaired) electrons. The van der Waals surface area contributed by atoms with Crippen LogP contribution in [0.1, 0.15) is 107 Å². The smallest absolute Gasteiger partial charge is 0.243 e. The molecule has 0 spiro atoms. The number of amides is 2. The maximum absolute atomic E-state index is 17.4. The molecule has 2 amide bonds. The number of piperidine rings is 1. The average Bonchev–Trinajstić information content (AvgIpc) is 4.47. The van der Waals surface area contributed by atoms with E-state index in [0.29, 0.717) is 52.6 Å². The molecule has 430 valence electrons. The van der Waals surface area contributed by atoms with Gasteiger partial charge in [0.05, 0.1) is 33.6 Å². The van der Waals surface area contributed by atoms with Crippen molar-refractivity contribution in [1.82, 2.24) is 45.5 Å². The molecular weight excluding hydrogens is 1060 g/mol. The number of piperazine rings is 1. The summed E-state index contributed by atoms with van der Waals surface area (Å²) in [5.74, 6) is 1.90. The Labute approximate surface area is 482 Å². The third kappa shape index (κ3) is 10.4. The zero-order valence-corrected chi connectivity index (χ0v) is 48.4. The number of rotatable bonds is 15. The maximum Gasteiger partial charge on any atom is 0.243 e. The van der Waals surface area contributed by atoms with E-state index in [1.54, 1.807) is 29.7 Å². The van der Waals surface area contributed by atoms with E-state index in [0.717, 1.165) is 147 Å². The molecule has 19 heteroatoms. The average molecular weight is 1130 g/mol. The van der Waals surface area contributed by atoms with E-state index in [4.69, 9.17) is 19.5 Å². The first kappa shape index (κ1) is 54.4. The molecule has 0 aliphatic carbocycles. The number of carbonyl (C=O) groups excluding carboxylic acids is 2. The number of hydrogen-bond donors (Lipinski definition) is 4. The van der Waals surface area contributed by atoms with E-state index < -0.39 is 23.9 Å². The number of fused-ring (bicyclic) bond motifs is 4. The number of aliphatic hydroxyl groups excluding tert-OH is 1. The van der Waals surface area contributed by atoms with Crippen LogP contribution in [0.15, 0.2) is 76.9 Å². The zero-order chi connectivity index (χ0) is 56.5. The van der Waals surface area contributed by atoms with Crippen molar-refractivity contribution in [3.63, 3.8) is 0 Å². The molecule has 13 rings (SSSR count). The van der Waals surface area contributed by atoms with Gasteiger partial charge in [-0.25, -0.2) is 14.4 Å². The van der Waals surface area contributed by atoms with Gasteiger partial charge in [-0.15, -0.1) is 11.3 Å². The molecule has 2 bridgehead atoms. The first-order chi connectivity index (χ1) is 39.7. The number of aliphatic hydroxyl groups is 1. The number of thiazole rings is 1. The first-order valence-electron chi connectivity index (χ1n) is 29.9. The van der Waals surface area contributed by atoms with Crippen molar-refractivity contribution >= 4 is 62.4 Å². The molecule has 7 atom stereocenters. The van der Waals surface area contributed by atoms with Crippen LogP contribution < -0.4 is 25.3 Å². The second-order valence-corrected chi connectivity index (χ2v) is 25.5. The Morgan fingerprint density at radius 2 is 1.66 bits per heavy atom. The van der Waals surface area contributed by atoms with Gasteiger partial charge in [-0.1, -0.05) is 68.4 Å². The van der Waals surface area contributed by atoms with E-state index >= 15 is 4.39 Å². The van der Waals surface area contributed by atoms with Gasteiger partial charge in [-0.05, 0) is 129 Å². The fourth-order valence-electron chi connectivity index (χ4n) is 14.4. The second kappa shape index (κ2) is 22.4. The summed E-state index contributed by atoms with van der Waals surface area (Å²) in [7, 11) is 0. The summed E-state index contributed by atoms with van der Waals surface area (Å²) >= 11 is 1.60. The lowest BCUT2D eigenvalue weighted by Crippen LogP contribution is -2.51. The minimum atomic E-state index is -0.812. The number of benzene rings is 3. The quantitative estimate of drug-likeness (QED) is 0.0760. The number of pyridine rings is 1. The number of β-amino-alcohol motifs (C(OH)–C–C–N with tert-alkyl or cyclic N) is 1. The van der Waals surface area contributed by atoms with Crippen LogP contribution in [0.2, 0.25) is 0 Å². The van der Waals surface area contributed by atoms with E-state index in [1.807, 2.05) is 75.7 Å². The highest BCUT2D eigenvalue weighted by Crippen LogP contribution is 2.41. The van der Waals surface area contributed by atoms with Gasteiger partial charge in [0.15, 0.2) is 17.4 Å². The minimum Gasteiger partial charge on any atom is -0.508 e. The van der Waals surface area contributed by atoms with E-state index in [2.05, 4.69) is 53.4 Å². The van der Waals surface area contributed by atoms with Crippen LogP contribution in [-0.2, 0) is 16.0 Å². The van der Waals surface area contributed by atoms with Crippen LogP contribution in [0.4, 0.5) is 22.0 Å². The van der Waals surface area contributed by atoms with E-state index in [1.165, 1.54) is 4.90 Å². The number of phenols is 1. The van der Waals surface area contributed by atoms with E-state index in [9.17, 15) is 19.8 Å². The molecule has 6 fully saturated rings. The number of phenolic OH excluding ortho intramolecular Hbond substituents is 1. The summed E-state index contributed by atoms with van der Waals surface area (Å²) in [5.41, 5.74) is 6.92. The van der Waals surface area contributed by atoms with E-state index in [-0.39, 0.29) is 53.7 Å². The van der Waals surface area contributed by atoms with Crippen molar-refractivity contribution in [2.75, 3.05) is 73.6 Å². The summed E-state index contributed by atoms with van der Waals surface area (Å²) in [6.07, 6.45) is 8.48. The topological polar surface area (TPSA) is 192 Å². The number of anilines is 3. The number of aromatic nitrogens is 5. The molecule has 4 N–H and O–H groups in total. The summed E-state index contributed by atoms with van der Waals surface area (Å²) < 4.78 is 23.4. The third-order valence-corrected chi connectivity index (χ3v) is 19.8. The van der Waals surface area contributed by atoms with Crippen LogP contribution in [0.25, 0.3) is 43.4 Å². The van der Waals surface area contributed by atoms with Gasteiger partial charge in [-0.2, -0.15) is 4.98 Å². The normalized spacial score (nSPS) is 23.4. The number of hydrogen-bond acceptors (Lipinski definition) is 16. The van der Waals surface area contributed by atoms with Gasteiger partial charge in [0.25, 0.3) is 0 Å². The number of nitrogens with one attached hydrogen (secondary N) is 2. The van der Waals surface area contributed by atoms with Crippen molar-refractivity contribution in [2.45, 2.75) is 128 Å². The predicted molar refractivity (Wildman–Crippen MR) is 318 cm³/mol. The molecule has 6 aliphatic heterocycles. The van der Waals surface area contributed by atoms with Crippen molar-refractivity contribution in [3.8, 4) is 27.4 Å². The largest absolute Gasteiger partial charge is 0.508 e. The molecule has 6 aliphatic rings. The number of carbonyl (C=O) groups is 2. The van der Waals surface area contributed by atoms with Crippen LogP contribution >= 0.6 is 11.3 Å². The van der Waals surface area contributed by atoms with Gasteiger partial charge >= 0.3 is 0 Å². The number of halogens is 1. The summed E-state index contributed by atoms with van der Waals surface area (Å²) in [4.78, 5) is 59.9. The number of aromatic hydroxyl groups is 1. The zero-order valence-electron chi connectivity index (χ0n) is 47.6. The Hall–Kier alpha value is -6.80. The molecule has 7 aromatic rings.